The molecule has 112 valence electrons. The van der Waals surface area contributed by atoms with Crippen LogP contribution in [0.2, 0.25) is 0 Å². The van der Waals surface area contributed by atoms with Crippen LogP contribution in [-0.2, 0) is 11.2 Å². The zero-order valence-electron chi connectivity index (χ0n) is 11.6. The third-order valence-electron chi connectivity index (χ3n) is 3.51. The maximum atomic E-state index is 12.1. The van der Waals surface area contributed by atoms with Crippen LogP contribution in [0.1, 0.15) is 25.2 Å². The van der Waals surface area contributed by atoms with E-state index in [9.17, 15) is 9.90 Å². The zero-order chi connectivity index (χ0) is 14.7. The van der Waals surface area contributed by atoms with Crippen molar-refractivity contribution >= 4 is 5.91 Å². The SMILES string of the molecule is O=C(CCc1nc(-c2ccco2)no1)N1CCCC(O)C1. The third-order valence-corrected chi connectivity index (χ3v) is 3.51. The lowest BCUT2D eigenvalue weighted by Gasteiger charge is -2.30. The molecule has 1 saturated heterocycles. The number of aliphatic hydroxyl groups is 1. The second-order valence-electron chi connectivity index (χ2n) is 5.12. The molecule has 1 amide bonds. The maximum Gasteiger partial charge on any atom is 0.238 e. The maximum absolute atomic E-state index is 12.1. The minimum Gasteiger partial charge on any atom is -0.461 e. The Hall–Kier alpha value is -2.15. The second-order valence-corrected chi connectivity index (χ2v) is 5.12. The Morgan fingerprint density at radius 2 is 2.43 bits per heavy atom. The van der Waals surface area contributed by atoms with Crippen LogP contribution < -0.4 is 0 Å². The highest BCUT2D eigenvalue weighted by atomic mass is 16.5. The Kier molecular flexibility index (Phi) is 4.01. The zero-order valence-corrected chi connectivity index (χ0v) is 11.6. The number of carbonyl (C=O) groups excluding carboxylic acids is 1. The number of aromatic nitrogens is 2. The molecule has 7 nitrogen and oxygen atoms in total. The number of amides is 1. The van der Waals surface area contributed by atoms with Crippen LogP contribution in [0.5, 0.6) is 0 Å². The predicted octanol–water partition coefficient (Wildman–Crippen LogP) is 1.25. The van der Waals surface area contributed by atoms with E-state index in [4.69, 9.17) is 8.94 Å². The van der Waals surface area contributed by atoms with E-state index in [0.29, 0.717) is 43.4 Å². The van der Waals surface area contributed by atoms with E-state index in [1.165, 1.54) is 6.26 Å². The molecule has 1 N–H and O–H groups in total. The highest BCUT2D eigenvalue weighted by molar-refractivity contribution is 5.76. The number of carbonyl (C=O) groups is 1. The van der Waals surface area contributed by atoms with Crippen LogP contribution >= 0.6 is 0 Å². The number of aliphatic hydroxyl groups excluding tert-OH is 1. The molecule has 0 radical (unpaired) electrons. The summed E-state index contributed by atoms with van der Waals surface area (Å²) < 4.78 is 10.3. The minimum atomic E-state index is -0.406. The fourth-order valence-electron chi connectivity index (χ4n) is 2.42. The number of β-amino-alcohol motifs (C(OH)–C–C–N with tert-alkyl or cyclic N) is 1. The number of nitrogens with zero attached hydrogens (tertiary/aromatic N) is 3. The highest BCUT2D eigenvalue weighted by Gasteiger charge is 2.22. The monoisotopic (exact) mass is 291 g/mol. The van der Waals surface area contributed by atoms with Crippen molar-refractivity contribution in [2.45, 2.75) is 31.8 Å². The van der Waals surface area contributed by atoms with Crippen molar-refractivity contribution in [1.29, 1.82) is 0 Å². The molecule has 0 aliphatic carbocycles. The van der Waals surface area contributed by atoms with E-state index in [1.54, 1.807) is 17.0 Å². The first-order valence-electron chi connectivity index (χ1n) is 7.04. The molecule has 2 aromatic heterocycles. The highest BCUT2D eigenvalue weighted by Crippen LogP contribution is 2.17. The first-order chi connectivity index (χ1) is 10.2. The first kappa shape index (κ1) is 13.8. The van der Waals surface area contributed by atoms with Crippen molar-refractivity contribution in [3.05, 3.63) is 24.3 Å². The van der Waals surface area contributed by atoms with Gasteiger partial charge >= 0.3 is 0 Å². The van der Waals surface area contributed by atoms with Gasteiger partial charge in [0.25, 0.3) is 0 Å². The summed E-state index contributed by atoms with van der Waals surface area (Å²) in [5.74, 6) is 1.34. The summed E-state index contributed by atoms with van der Waals surface area (Å²) >= 11 is 0. The Labute approximate surface area is 121 Å². The molecular weight excluding hydrogens is 274 g/mol. The van der Waals surface area contributed by atoms with E-state index in [0.717, 1.165) is 12.8 Å². The van der Waals surface area contributed by atoms with Gasteiger partial charge < -0.3 is 18.9 Å². The molecule has 1 aliphatic rings. The second kappa shape index (κ2) is 6.09. The molecule has 21 heavy (non-hydrogen) atoms. The molecule has 1 fully saturated rings. The van der Waals surface area contributed by atoms with Gasteiger partial charge in [-0.1, -0.05) is 5.16 Å². The van der Waals surface area contributed by atoms with Crippen molar-refractivity contribution in [1.82, 2.24) is 15.0 Å². The Balaban J connectivity index is 1.54. The normalized spacial score (nSPS) is 18.9. The van der Waals surface area contributed by atoms with Gasteiger partial charge in [0.1, 0.15) is 0 Å². The average molecular weight is 291 g/mol. The van der Waals surface area contributed by atoms with Gasteiger partial charge in [-0.2, -0.15) is 4.98 Å². The lowest BCUT2D eigenvalue weighted by atomic mass is 10.1. The Morgan fingerprint density at radius 1 is 1.52 bits per heavy atom. The number of likely N-dealkylation sites (tertiary alicyclic amines) is 1. The summed E-state index contributed by atoms with van der Waals surface area (Å²) in [5.41, 5.74) is 0. The lowest BCUT2D eigenvalue weighted by Crippen LogP contribution is -2.42. The molecular formula is C14H17N3O4. The summed E-state index contributed by atoms with van der Waals surface area (Å²) in [5, 5.41) is 13.4. The number of rotatable bonds is 4. The summed E-state index contributed by atoms with van der Waals surface area (Å²) in [6.45, 7) is 1.12. The number of aryl methyl sites for hydroxylation is 1. The molecule has 2 aromatic rings. The molecule has 0 bridgehead atoms. The van der Waals surface area contributed by atoms with E-state index in [1.807, 2.05) is 0 Å². The van der Waals surface area contributed by atoms with Crippen LogP contribution in [0, 0.1) is 0 Å². The van der Waals surface area contributed by atoms with E-state index in [-0.39, 0.29) is 5.91 Å². The van der Waals surface area contributed by atoms with Gasteiger partial charge in [0.05, 0.1) is 12.4 Å². The molecule has 0 aromatic carbocycles. The summed E-state index contributed by atoms with van der Waals surface area (Å²) in [4.78, 5) is 17.9. The number of furan rings is 1. The smallest absolute Gasteiger partial charge is 0.238 e. The number of piperidine rings is 1. The molecule has 1 unspecified atom stereocenters. The average Bonchev–Trinajstić information content (AvgIpc) is 3.15. The van der Waals surface area contributed by atoms with E-state index < -0.39 is 6.10 Å². The third kappa shape index (κ3) is 3.30. The fourth-order valence-corrected chi connectivity index (χ4v) is 2.42. The van der Waals surface area contributed by atoms with Crippen LogP contribution in [0.15, 0.2) is 27.3 Å². The van der Waals surface area contributed by atoms with E-state index >= 15 is 0 Å². The standard InChI is InChI=1S/C14H17N3O4/c18-10-3-1-7-17(9-10)13(19)6-5-12-15-14(16-21-12)11-4-2-8-20-11/h2,4,8,10,18H,1,3,5-7,9H2. The van der Waals surface area contributed by atoms with Crippen molar-refractivity contribution < 1.29 is 18.8 Å². The molecule has 1 atom stereocenters. The fraction of sp³-hybridized carbons (Fsp3) is 0.500. The van der Waals surface area contributed by atoms with E-state index in [2.05, 4.69) is 10.1 Å². The Morgan fingerprint density at radius 3 is 3.19 bits per heavy atom. The quantitative estimate of drug-likeness (QED) is 0.911. The van der Waals surface area contributed by atoms with Crippen LogP contribution in [0.25, 0.3) is 11.6 Å². The van der Waals surface area contributed by atoms with Gasteiger partial charge in [-0.25, -0.2) is 0 Å². The molecule has 7 heteroatoms. The summed E-state index contributed by atoms with van der Waals surface area (Å²) in [6.07, 6.45) is 3.43. The van der Waals surface area contributed by atoms with Crippen molar-refractivity contribution in [3.8, 4) is 11.6 Å². The van der Waals surface area contributed by atoms with Gasteiger partial charge in [0.15, 0.2) is 5.76 Å². The lowest BCUT2D eigenvalue weighted by molar-refractivity contribution is -0.134. The molecule has 0 spiro atoms. The molecule has 3 rings (SSSR count). The van der Waals surface area contributed by atoms with Gasteiger partial charge in [0.2, 0.25) is 17.6 Å². The summed E-state index contributed by atoms with van der Waals surface area (Å²) in [6, 6.07) is 3.49. The first-order valence-corrected chi connectivity index (χ1v) is 7.04. The topological polar surface area (TPSA) is 92.6 Å². The molecule has 0 saturated carbocycles. The molecule has 1 aliphatic heterocycles. The minimum absolute atomic E-state index is 0.00602. The summed E-state index contributed by atoms with van der Waals surface area (Å²) in [7, 11) is 0. The van der Waals surface area contributed by atoms with Gasteiger partial charge in [-0.3, -0.25) is 4.79 Å². The Bertz CT molecular complexity index is 593. The molecule has 3 heterocycles. The van der Waals surface area contributed by atoms with Gasteiger partial charge in [-0.05, 0) is 25.0 Å². The van der Waals surface area contributed by atoms with Crippen LogP contribution in [0.4, 0.5) is 0 Å². The van der Waals surface area contributed by atoms with Crippen molar-refractivity contribution in [2.75, 3.05) is 13.1 Å². The van der Waals surface area contributed by atoms with Crippen molar-refractivity contribution in [3.63, 3.8) is 0 Å². The predicted molar refractivity (Wildman–Crippen MR) is 72.1 cm³/mol. The number of hydrogen-bond acceptors (Lipinski definition) is 6. The largest absolute Gasteiger partial charge is 0.461 e. The van der Waals surface area contributed by atoms with Crippen LogP contribution in [0.3, 0.4) is 0 Å². The van der Waals surface area contributed by atoms with Crippen LogP contribution in [-0.4, -0.2) is 45.2 Å². The van der Waals surface area contributed by atoms with Gasteiger partial charge in [0, 0.05) is 25.9 Å². The van der Waals surface area contributed by atoms with Gasteiger partial charge in [-0.15, -0.1) is 0 Å². The number of hydrogen-bond donors (Lipinski definition) is 1. The van der Waals surface area contributed by atoms with Crippen molar-refractivity contribution in [2.24, 2.45) is 0 Å².